The first-order chi connectivity index (χ1) is 13.6. The molecule has 0 bridgehead atoms. The van der Waals surface area contributed by atoms with Crippen LogP contribution in [0.2, 0.25) is 0 Å². The van der Waals surface area contributed by atoms with E-state index in [9.17, 15) is 0 Å². The quantitative estimate of drug-likeness (QED) is 0.640. The zero-order valence-corrected chi connectivity index (χ0v) is 18.5. The van der Waals surface area contributed by atoms with Crippen molar-refractivity contribution in [1.82, 2.24) is 10.3 Å². The van der Waals surface area contributed by atoms with E-state index in [2.05, 4.69) is 37.6 Å². The average molecular weight is 451 g/mol. The first kappa shape index (κ1) is 22.4. The largest absolute Gasteiger partial charge is 0.478 e. The molecule has 7 heteroatoms. The van der Waals surface area contributed by atoms with Gasteiger partial charge in [0.15, 0.2) is 5.82 Å². The molecule has 0 aliphatic carbocycles. The van der Waals surface area contributed by atoms with Gasteiger partial charge in [0.2, 0.25) is 5.88 Å². The third-order valence-electron chi connectivity index (χ3n) is 4.63. The highest BCUT2D eigenvalue weighted by atomic mass is 79.9. The van der Waals surface area contributed by atoms with Gasteiger partial charge >= 0.3 is 0 Å². The van der Waals surface area contributed by atoms with E-state index in [-0.39, 0.29) is 11.6 Å². The van der Waals surface area contributed by atoms with Crippen LogP contribution in [0.15, 0.2) is 10.5 Å². The van der Waals surface area contributed by atoms with Crippen LogP contribution in [0, 0.1) is 24.1 Å². The molecule has 1 fully saturated rings. The number of fused-ring (bicyclic) bond motifs is 1. The van der Waals surface area contributed by atoms with Gasteiger partial charge in [0.05, 0.1) is 22.8 Å². The molecule has 152 valence electrons. The second-order valence-electron chi connectivity index (χ2n) is 6.40. The minimum absolute atomic E-state index is 0.278. The lowest BCUT2D eigenvalue weighted by atomic mass is 10.0. The van der Waals surface area contributed by atoms with Crippen molar-refractivity contribution in [3.05, 3.63) is 27.5 Å². The monoisotopic (exact) mass is 450 g/mol. The molecule has 3 rings (SSSR count). The molecule has 2 heterocycles. The van der Waals surface area contributed by atoms with Crippen LogP contribution in [0.5, 0.6) is 5.88 Å². The van der Waals surface area contributed by atoms with E-state index in [0.717, 1.165) is 41.7 Å². The van der Waals surface area contributed by atoms with Crippen LogP contribution in [0.1, 0.15) is 44.7 Å². The number of benzene rings is 1. The van der Waals surface area contributed by atoms with Crippen LogP contribution in [-0.2, 0) is 6.42 Å². The van der Waals surface area contributed by atoms with E-state index < -0.39 is 5.82 Å². The lowest BCUT2D eigenvalue weighted by molar-refractivity contribution is 0.325. The number of anilines is 1. The topological polar surface area (TPSA) is 70.0 Å². The molecular weight excluding hydrogens is 423 g/mol. The Kier molecular flexibility index (Phi) is 8.46. The van der Waals surface area contributed by atoms with Crippen molar-refractivity contribution in [2.75, 3.05) is 25.0 Å². The summed E-state index contributed by atoms with van der Waals surface area (Å²) in [4.78, 5) is 4.43. The SMILES string of the molecule is CC.CCOc1nc2c(F)c(Br)c(CCC#N)cc2c(N[C@H]2CCNC2)c1C. The number of rotatable bonds is 6. The normalized spacial score (nSPS) is 15.7. The third-order valence-corrected chi connectivity index (χ3v) is 5.49. The molecule has 0 radical (unpaired) electrons. The Morgan fingerprint density at radius 1 is 1.46 bits per heavy atom. The van der Waals surface area contributed by atoms with Gasteiger partial charge in [0.1, 0.15) is 5.52 Å². The van der Waals surface area contributed by atoms with Gasteiger partial charge in [-0.2, -0.15) is 5.26 Å². The summed E-state index contributed by atoms with van der Waals surface area (Å²) in [5, 5.41) is 16.5. The molecule has 1 aliphatic rings. The van der Waals surface area contributed by atoms with Crippen molar-refractivity contribution in [3.8, 4) is 11.9 Å². The number of aryl methyl sites for hydroxylation is 1. The van der Waals surface area contributed by atoms with Gasteiger partial charge in [0.25, 0.3) is 0 Å². The molecule has 1 saturated heterocycles. The average Bonchev–Trinajstić information content (AvgIpc) is 3.22. The summed E-state index contributed by atoms with van der Waals surface area (Å²) in [6, 6.07) is 4.33. The minimum atomic E-state index is -0.413. The Hall–Kier alpha value is -1.91. The summed E-state index contributed by atoms with van der Waals surface area (Å²) >= 11 is 3.33. The Morgan fingerprint density at radius 3 is 2.82 bits per heavy atom. The Morgan fingerprint density at radius 2 is 2.21 bits per heavy atom. The number of nitrogens with one attached hydrogen (secondary N) is 2. The van der Waals surface area contributed by atoms with Crippen molar-refractivity contribution in [3.63, 3.8) is 0 Å². The summed E-state index contributed by atoms with van der Waals surface area (Å²) in [6.45, 7) is 10.1. The molecule has 0 unspecified atom stereocenters. The van der Waals surface area contributed by atoms with Crippen LogP contribution >= 0.6 is 15.9 Å². The van der Waals surface area contributed by atoms with E-state index in [1.54, 1.807) is 0 Å². The lowest BCUT2D eigenvalue weighted by Crippen LogP contribution is -2.23. The highest BCUT2D eigenvalue weighted by molar-refractivity contribution is 9.10. The van der Waals surface area contributed by atoms with Gasteiger partial charge < -0.3 is 15.4 Å². The van der Waals surface area contributed by atoms with Crippen LogP contribution in [0.4, 0.5) is 10.1 Å². The summed E-state index contributed by atoms with van der Waals surface area (Å²) in [5.41, 5.74) is 2.78. The molecule has 1 aromatic carbocycles. The molecule has 1 aromatic heterocycles. The molecule has 28 heavy (non-hydrogen) atoms. The molecule has 5 nitrogen and oxygen atoms in total. The van der Waals surface area contributed by atoms with Gasteiger partial charge in [-0.25, -0.2) is 9.37 Å². The van der Waals surface area contributed by atoms with Crippen molar-refractivity contribution < 1.29 is 9.13 Å². The molecule has 0 saturated carbocycles. The number of aromatic nitrogens is 1. The van der Waals surface area contributed by atoms with Gasteiger partial charge in [-0.1, -0.05) is 13.8 Å². The molecule has 1 atom stereocenters. The van der Waals surface area contributed by atoms with Crippen LogP contribution in [0.25, 0.3) is 10.9 Å². The maximum atomic E-state index is 15.0. The maximum Gasteiger partial charge on any atom is 0.219 e. The number of ether oxygens (including phenoxy) is 1. The standard InChI is InChI=1S/C19H22BrFN4O.C2H6/c1-3-26-19-11(2)17(24-13-6-8-23-10-13)14-9-12(5-4-7-22)15(20)16(21)18(14)25-19;1-2/h9,13,23H,3-6,8,10H2,1-2H3,(H,24,25);1-2H3/t13-;/m0./s1. The smallest absolute Gasteiger partial charge is 0.219 e. The first-order valence-corrected chi connectivity index (χ1v) is 10.6. The summed E-state index contributed by atoms with van der Waals surface area (Å²) in [5.74, 6) is 0.0352. The fourth-order valence-electron chi connectivity index (χ4n) is 3.28. The second kappa shape index (κ2) is 10.6. The summed E-state index contributed by atoms with van der Waals surface area (Å²) in [7, 11) is 0. The molecule has 1 aliphatic heterocycles. The van der Waals surface area contributed by atoms with Crippen molar-refractivity contribution in [1.29, 1.82) is 5.26 Å². The predicted octanol–water partition coefficient (Wildman–Crippen LogP) is 5.10. The number of hydrogen-bond acceptors (Lipinski definition) is 5. The third kappa shape index (κ3) is 4.73. The van der Waals surface area contributed by atoms with Crippen molar-refractivity contribution in [2.24, 2.45) is 0 Å². The van der Waals surface area contributed by atoms with E-state index in [1.807, 2.05) is 33.8 Å². The van der Waals surface area contributed by atoms with Gasteiger partial charge in [-0.05, 0) is 60.8 Å². The second-order valence-corrected chi connectivity index (χ2v) is 7.19. The zero-order valence-electron chi connectivity index (χ0n) is 17.0. The van der Waals surface area contributed by atoms with E-state index in [1.165, 1.54) is 0 Å². The Bertz CT molecular complexity index is 860. The molecule has 2 aromatic rings. The number of nitrogens with zero attached hydrogens (tertiary/aromatic N) is 2. The molecule has 2 N–H and O–H groups in total. The predicted molar refractivity (Wildman–Crippen MR) is 115 cm³/mol. The van der Waals surface area contributed by atoms with E-state index >= 15 is 4.39 Å². The van der Waals surface area contributed by atoms with E-state index in [0.29, 0.717) is 29.8 Å². The number of hydrogen-bond donors (Lipinski definition) is 2. The van der Waals surface area contributed by atoms with E-state index in [4.69, 9.17) is 10.00 Å². The number of halogens is 2. The highest BCUT2D eigenvalue weighted by Gasteiger charge is 2.22. The Balaban J connectivity index is 0.00000136. The fraction of sp³-hybridized carbons (Fsp3) is 0.524. The van der Waals surface area contributed by atoms with Gasteiger partial charge in [0, 0.05) is 30.0 Å². The Labute approximate surface area is 174 Å². The zero-order chi connectivity index (χ0) is 20.7. The fourth-order valence-corrected chi connectivity index (χ4v) is 3.78. The van der Waals surface area contributed by atoms with Crippen molar-refractivity contribution in [2.45, 2.75) is 53.0 Å². The van der Waals surface area contributed by atoms with Gasteiger partial charge in [-0.15, -0.1) is 0 Å². The van der Waals surface area contributed by atoms with Crippen molar-refractivity contribution >= 4 is 32.5 Å². The maximum absolute atomic E-state index is 15.0. The van der Waals surface area contributed by atoms with Crippen LogP contribution in [-0.4, -0.2) is 30.7 Å². The van der Waals surface area contributed by atoms with Gasteiger partial charge in [-0.3, -0.25) is 0 Å². The van der Waals surface area contributed by atoms with Crippen LogP contribution < -0.4 is 15.4 Å². The molecular formula is C21H28BrFN4O. The number of pyridine rings is 1. The molecule has 0 amide bonds. The molecule has 0 spiro atoms. The van der Waals surface area contributed by atoms with Crippen LogP contribution in [0.3, 0.4) is 0 Å². The first-order valence-electron chi connectivity index (χ1n) is 9.85. The lowest BCUT2D eigenvalue weighted by Gasteiger charge is -2.20. The summed E-state index contributed by atoms with van der Waals surface area (Å²) < 4.78 is 21.1. The minimum Gasteiger partial charge on any atom is -0.478 e. The highest BCUT2D eigenvalue weighted by Crippen LogP contribution is 2.38. The summed E-state index contributed by atoms with van der Waals surface area (Å²) in [6.07, 6.45) is 1.83. The number of nitriles is 1.